The third-order valence-electron chi connectivity index (χ3n) is 2.95. The highest BCUT2D eigenvalue weighted by molar-refractivity contribution is 7.12. The molecule has 0 amide bonds. The van der Waals surface area contributed by atoms with Gasteiger partial charge in [0, 0.05) is 22.2 Å². The summed E-state index contributed by atoms with van der Waals surface area (Å²) in [4.78, 5) is 3.11. The van der Waals surface area contributed by atoms with Crippen LogP contribution >= 0.6 is 11.3 Å². The van der Waals surface area contributed by atoms with Crippen LogP contribution < -0.4 is 5.32 Å². The van der Waals surface area contributed by atoms with Gasteiger partial charge in [0.25, 0.3) is 0 Å². The van der Waals surface area contributed by atoms with Gasteiger partial charge in [-0.15, -0.1) is 11.3 Å². The molecular formula is C11H17NS. The van der Waals surface area contributed by atoms with Crippen LogP contribution in [0.5, 0.6) is 0 Å². The van der Waals surface area contributed by atoms with Gasteiger partial charge in [-0.25, -0.2) is 0 Å². The number of hydrogen-bond acceptors (Lipinski definition) is 2. The Morgan fingerprint density at radius 1 is 1.62 bits per heavy atom. The van der Waals surface area contributed by atoms with Crippen LogP contribution in [0.1, 0.15) is 28.2 Å². The average Bonchev–Trinajstić information content (AvgIpc) is 2.52. The molecule has 2 atom stereocenters. The second kappa shape index (κ2) is 3.43. The molecule has 1 aromatic heterocycles. The smallest absolute Gasteiger partial charge is 0.0127 e. The van der Waals surface area contributed by atoms with Gasteiger partial charge in [-0.1, -0.05) is 6.92 Å². The van der Waals surface area contributed by atoms with E-state index >= 15 is 0 Å². The van der Waals surface area contributed by atoms with Crippen molar-refractivity contribution in [2.24, 2.45) is 5.92 Å². The van der Waals surface area contributed by atoms with Gasteiger partial charge in [-0.2, -0.15) is 0 Å². The first kappa shape index (κ1) is 9.22. The van der Waals surface area contributed by atoms with Crippen LogP contribution in [0.4, 0.5) is 0 Å². The maximum Gasteiger partial charge on any atom is 0.0127 e. The largest absolute Gasteiger partial charge is 0.319 e. The molecule has 0 aliphatic heterocycles. The minimum absolute atomic E-state index is 0.763. The Kier molecular flexibility index (Phi) is 2.43. The van der Waals surface area contributed by atoms with Crippen molar-refractivity contribution in [2.75, 3.05) is 13.6 Å². The molecule has 1 aliphatic carbocycles. The zero-order valence-electron chi connectivity index (χ0n) is 8.55. The molecule has 0 saturated carbocycles. The van der Waals surface area contributed by atoms with Crippen LogP contribution in [0.2, 0.25) is 0 Å². The first-order chi connectivity index (χ1) is 6.22. The van der Waals surface area contributed by atoms with E-state index in [0.29, 0.717) is 0 Å². The van der Waals surface area contributed by atoms with Crippen LogP contribution in [-0.4, -0.2) is 13.6 Å². The SMILES string of the molecule is CNCC1c2sc(C)cc2CC1C. The fraction of sp³-hybridized carbons (Fsp3) is 0.636. The second-order valence-corrected chi connectivity index (χ2v) is 5.38. The Balaban J connectivity index is 2.27. The van der Waals surface area contributed by atoms with E-state index in [1.54, 1.807) is 10.4 Å². The Labute approximate surface area is 84.2 Å². The van der Waals surface area contributed by atoms with Gasteiger partial charge >= 0.3 is 0 Å². The van der Waals surface area contributed by atoms with Crippen molar-refractivity contribution in [3.63, 3.8) is 0 Å². The minimum Gasteiger partial charge on any atom is -0.319 e. The summed E-state index contributed by atoms with van der Waals surface area (Å²) in [6, 6.07) is 2.37. The lowest BCUT2D eigenvalue weighted by Gasteiger charge is -2.14. The number of thiophene rings is 1. The Hall–Kier alpha value is -0.340. The highest BCUT2D eigenvalue weighted by atomic mass is 32.1. The molecule has 1 aliphatic rings. The number of hydrogen-bond donors (Lipinski definition) is 1. The number of rotatable bonds is 2. The zero-order valence-corrected chi connectivity index (χ0v) is 9.37. The molecule has 2 unspecified atom stereocenters. The van der Waals surface area contributed by atoms with E-state index in [-0.39, 0.29) is 0 Å². The van der Waals surface area contributed by atoms with Gasteiger partial charge in [-0.05, 0) is 37.9 Å². The van der Waals surface area contributed by atoms with Crippen LogP contribution in [0.3, 0.4) is 0 Å². The maximum absolute atomic E-state index is 3.30. The molecule has 72 valence electrons. The van der Waals surface area contributed by atoms with Crippen LogP contribution in [0, 0.1) is 12.8 Å². The molecule has 0 spiro atoms. The predicted molar refractivity (Wildman–Crippen MR) is 58.6 cm³/mol. The van der Waals surface area contributed by atoms with Crippen molar-refractivity contribution < 1.29 is 0 Å². The molecule has 2 heteroatoms. The Morgan fingerprint density at radius 2 is 2.38 bits per heavy atom. The van der Waals surface area contributed by atoms with Crippen molar-refractivity contribution in [1.82, 2.24) is 5.32 Å². The summed E-state index contributed by atoms with van der Waals surface area (Å²) in [6.07, 6.45) is 1.28. The lowest BCUT2D eigenvalue weighted by molar-refractivity contribution is 0.483. The summed E-state index contributed by atoms with van der Waals surface area (Å²) in [5.74, 6) is 1.59. The summed E-state index contributed by atoms with van der Waals surface area (Å²) >= 11 is 1.99. The lowest BCUT2D eigenvalue weighted by Crippen LogP contribution is -2.19. The van der Waals surface area contributed by atoms with E-state index in [2.05, 4.69) is 25.2 Å². The summed E-state index contributed by atoms with van der Waals surface area (Å²) in [7, 11) is 2.05. The van der Waals surface area contributed by atoms with E-state index in [1.807, 2.05) is 18.4 Å². The summed E-state index contributed by atoms with van der Waals surface area (Å²) in [5, 5.41) is 3.30. The highest BCUT2D eigenvalue weighted by Crippen LogP contribution is 2.42. The van der Waals surface area contributed by atoms with E-state index in [9.17, 15) is 0 Å². The Morgan fingerprint density at radius 3 is 3.08 bits per heavy atom. The number of fused-ring (bicyclic) bond motifs is 1. The van der Waals surface area contributed by atoms with Crippen LogP contribution in [0.25, 0.3) is 0 Å². The van der Waals surface area contributed by atoms with Crippen molar-refractivity contribution in [2.45, 2.75) is 26.2 Å². The zero-order chi connectivity index (χ0) is 9.42. The first-order valence-corrected chi connectivity index (χ1v) is 5.78. The fourth-order valence-corrected chi connectivity index (χ4v) is 3.61. The van der Waals surface area contributed by atoms with Gasteiger partial charge in [0.15, 0.2) is 0 Å². The maximum atomic E-state index is 3.30. The molecule has 0 fully saturated rings. The van der Waals surface area contributed by atoms with Gasteiger partial charge in [0.05, 0.1) is 0 Å². The van der Waals surface area contributed by atoms with Crippen molar-refractivity contribution >= 4 is 11.3 Å². The summed E-state index contributed by atoms with van der Waals surface area (Å²) in [6.45, 7) is 5.71. The molecule has 2 rings (SSSR count). The molecule has 1 heterocycles. The average molecular weight is 195 g/mol. The molecule has 0 aromatic carbocycles. The van der Waals surface area contributed by atoms with E-state index in [0.717, 1.165) is 18.4 Å². The van der Waals surface area contributed by atoms with Crippen LogP contribution in [-0.2, 0) is 6.42 Å². The number of nitrogens with one attached hydrogen (secondary N) is 1. The molecule has 0 radical (unpaired) electrons. The third-order valence-corrected chi connectivity index (χ3v) is 4.18. The van der Waals surface area contributed by atoms with E-state index < -0.39 is 0 Å². The predicted octanol–water partition coefficient (Wildman–Crippen LogP) is 2.55. The molecule has 1 nitrogen and oxygen atoms in total. The quantitative estimate of drug-likeness (QED) is 0.764. The van der Waals surface area contributed by atoms with Gasteiger partial charge in [0.2, 0.25) is 0 Å². The van der Waals surface area contributed by atoms with Gasteiger partial charge in [0.1, 0.15) is 0 Å². The van der Waals surface area contributed by atoms with Crippen molar-refractivity contribution in [1.29, 1.82) is 0 Å². The molecular weight excluding hydrogens is 178 g/mol. The lowest BCUT2D eigenvalue weighted by atomic mass is 9.98. The normalized spacial score (nSPS) is 26.4. The second-order valence-electron chi connectivity index (χ2n) is 4.09. The minimum atomic E-state index is 0.763. The van der Waals surface area contributed by atoms with Crippen molar-refractivity contribution in [3.05, 3.63) is 21.4 Å². The number of likely N-dealkylation sites (N-methyl/N-ethyl adjacent to an activating group) is 1. The Bertz CT molecular complexity index is 303. The van der Waals surface area contributed by atoms with E-state index in [4.69, 9.17) is 0 Å². The molecule has 1 aromatic rings. The topological polar surface area (TPSA) is 12.0 Å². The van der Waals surface area contributed by atoms with Crippen molar-refractivity contribution in [3.8, 4) is 0 Å². The molecule has 0 bridgehead atoms. The van der Waals surface area contributed by atoms with Gasteiger partial charge < -0.3 is 5.32 Å². The number of aryl methyl sites for hydroxylation is 1. The summed E-state index contributed by atoms with van der Waals surface area (Å²) < 4.78 is 0. The third kappa shape index (κ3) is 1.53. The summed E-state index contributed by atoms with van der Waals surface area (Å²) in [5.41, 5.74) is 1.61. The monoisotopic (exact) mass is 195 g/mol. The van der Waals surface area contributed by atoms with Crippen LogP contribution in [0.15, 0.2) is 6.07 Å². The van der Waals surface area contributed by atoms with Gasteiger partial charge in [-0.3, -0.25) is 0 Å². The first-order valence-electron chi connectivity index (χ1n) is 4.96. The van der Waals surface area contributed by atoms with E-state index in [1.165, 1.54) is 11.3 Å². The standard InChI is InChI=1S/C11H17NS/c1-7-4-9-5-8(2)13-11(9)10(7)6-12-3/h5,7,10,12H,4,6H2,1-3H3. The molecule has 1 N–H and O–H groups in total. The highest BCUT2D eigenvalue weighted by Gasteiger charge is 2.30. The molecule has 13 heavy (non-hydrogen) atoms. The molecule has 0 saturated heterocycles. The fourth-order valence-electron chi connectivity index (χ4n) is 2.32.